The Morgan fingerprint density at radius 2 is 1.94 bits per heavy atom. The van der Waals surface area contributed by atoms with Gasteiger partial charge in [0.2, 0.25) is 0 Å². The van der Waals surface area contributed by atoms with Crippen LogP contribution in [0.25, 0.3) is 0 Å². The molecule has 2 aliphatic carbocycles. The predicted molar refractivity (Wildman–Crippen MR) is 57.6 cm³/mol. The summed E-state index contributed by atoms with van der Waals surface area (Å²) in [5.74, 6) is 0.283. The second-order valence-electron chi connectivity index (χ2n) is 4.64. The number of nitrogens with zero attached hydrogens (tertiary/aromatic N) is 2. The molecule has 1 aromatic rings. The molecular weight excluding hydrogens is 204 g/mol. The fourth-order valence-electron chi connectivity index (χ4n) is 2.31. The fraction of sp³-hybridized carbons (Fsp3) is 0.583. The smallest absolute Gasteiger partial charge is 0.354 e. The molecule has 16 heavy (non-hydrogen) atoms. The van der Waals surface area contributed by atoms with Crippen LogP contribution in [0, 0.1) is 0 Å². The van der Waals surface area contributed by atoms with Gasteiger partial charge in [0.25, 0.3) is 0 Å². The van der Waals surface area contributed by atoms with Crippen molar-refractivity contribution in [3.63, 3.8) is 0 Å². The third-order valence-corrected chi connectivity index (χ3v) is 3.35. The third kappa shape index (κ3) is 1.58. The van der Waals surface area contributed by atoms with E-state index in [1.807, 2.05) is 0 Å². The van der Waals surface area contributed by atoms with Crippen molar-refractivity contribution in [2.45, 2.75) is 44.4 Å². The van der Waals surface area contributed by atoms with Gasteiger partial charge >= 0.3 is 5.97 Å². The number of aromatic nitrogens is 2. The van der Waals surface area contributed by atoms with Crippen LogP contribution in [0.5, 0.6) is 0 Å². The van der Waals surface area contributed by atoms with E-state index < -0.39 is 5.97 Å². The van der Waals surface area contributed by atoms with E-state index in [0.717, 1.165) is 55.6 Å². The molecule has 0 saturated heterocycles. The number of aryl methyl sites for hydroxylation is 1. The van der Waals surface area contributed by atoms with Crippen LogP contribution in [0.2, 0.25) is 0 Å². The first-order valence-electron chi connectivity index (χ1n) is 5.88. The Kier molecular flexibility index (Phi) is 2.16. The summed E-state index contributed by atoms with van der Waals surface area (Å²) in [6.45, 7) is 0. The molecule has 0 aliphatic heterocycles. The van der Waals surface area contributed by atoms with E-state index >= 15 is 0 Å². The topological polar surface area (TPSA) is 63.1 Å². The first-order chi connectivity index (χ1) is 7.75. The molecule has 84 valence electrons. The molecule has 4 heteroatoms. The largest absolute Gasteiger partial charge is 0.477 e. The number of carboxylic acids is 1. The standard InChI is InChI=1S/C12H14N2O2/c15-12(16)10-8-3-1-2-4-9(8)13-11(14-10)7-5-6-7/h7H,1-6H2,(H,15,16). The van der Waals surface area contributed by atoms with Gasteiger partial charge < -0.3 is 5.11 Å². The number of fused-ring (bicyclic) bond motifs is 1. The molecule has 0 atom stereocenters. The van der Waals surface area contributed by atoms with Crippen molar-refractivity contribution in [1.29, 1.82) is 0 Å². The Labute approximate surface area is 93.7 Å². The Morgan fingerprint density at radius 3 is 2.62 bits per heavy atom. The molecule has 1 aromatic heterocycles. The molecule has 1 saturated carbocycles. The highest BCUT2D eigenvalue weighted by Crippen LogP contribution is 2.39. The van der Waals surface area contributed by atoms with Crippen molar-refractivity contribution in [3.8, 4) is 0 Å². The SMILES string of the molecule is O=C(O)c1nc(C2CC2)nc2c1CCCC2. The number of carbonyl (C=O) groups is 1. The van der Waals surface area contributed by atoms with Gasteiger partial charge in [-0.1, -0.05) is 0 Å². The zero-order valence-corrected chi connectivity index (χ0v) is 9.07. The predicted octanol–water partition coefficient (Wildman–Crippen LogP) is 1.93. The Hall–Kier alpha value is -1.45. The molecule has 0 aromatic carbocycles. The van der Waals surface area contributed by atoms with E-state index in [0.29, 0.717) is 5.92 Å². The average Bonchev–Trinajstić information content (AvgIpc) is 3.11. The Balaban J connectivity index is 2.12. The Bertz CT molecular complexity index is 453. The summed E-state index contributed by atoms with van der Waals surface area (Å²) < 4.78 is 0. The van der Waals surface area contributed by atoms with Crippen molar-refractivity contribution in [2.75, 3.05) is 0 Å². The van der Waals surface area contributed by atoms with Gasteiger partial charge in [-0.15, -0.1) is 0 Å². The molecular formula is C12H14N2O2. The summed E-state index contributed by atoms with van der Waals surface area (Å²) in [4.78, 5) is 20.0. The van der Waals surface area contributed by atoms with Crippen LogP contribution < -0.4 is 0 Å². The highest BCUT2D eigenvalue weighted by atomic mass is 16.4. The first kappa shape index (κ1) is 9.75. The first-order valence-corrected chi connectivity index (χ1v) is 5.88. The third-order valence-electron chi connectivity index (χ3n) is 3.35. The number of rotatable bonds is 2. The normalized spacial score (nSPS) is 19.2. The second-order valence-corrected chi connectivity index (χ2v) is 4.64. The van der Waals surface area contributed by atoms with Crippen molar-refractivity contribution < 1.29 is 9.90 Å². The molecule has 0 spiro atoms. The van der Waals surface area contributed by atoms with Gasteiger partial charge in [-0.3, -0.25) is 0 Å². The van der Waals surface area contributed by atoms with E-state index in [-0.39, 0.29) is 5.69 Å². The lowest BCUT2D eigenvalue weighted by Gasteiger charge is -2.17. The summed E-state index contributed by atoms with van der Waals surface area (Å²) in [5.41, 5.74) is 2.12. The van der Waals surface area contributed by atoms with Crippen molar-refractivity contribution in [3.05, 3.63) is 22.8 Å². The van der Waals surface area contributed by atoms with Gasteiger partial charge in [-0.05, 0) is 38.5 Å². The number of hydrogen-bond acceptors (Lipinski definition) is 3. The summed E-state index contributed by atoms with van der Waals surface area (Å²) in [6, 6.07) is 0. The summed E-state index contributed by atoms with van der Waals surface area (Å²) in [5, 5.41) is 9.18. The van der Waals surface area contributed by atoms with Gasteiger partial charge in [0.15, 0.2) is 5.69 Å². The van der Waals surface area contributed by atoms with Crippen LogP contribution in [0.3, 0.4) is 0 Å². The number of aromatic carboxylic acids is 1. The molecule has 0 amide bonds. The molecule has 0 bridgehead atoms. The van der Waals surface area contributed by atoms with E-state index in [4.69, 9.17) is 0 Å². The van der Waals surface area contributed by atoms with Crippen LogP contribution in [0.4, 0.5) is 0 Å². The highest BCUT2D eigenvalue weighted by molar-refractivity contribution is 5.87. The highest BCUT2D eigenvalue weighted by Gasteiger charge is 2.30. The monoisotopic (exact) mass is 218 g/mol. The van der Waals surface area contributed by atoms with E-state index in [9.17, 15) is 9.90 Å². The second kappa shape index (κ2) is 3.54. The fourth-order valence-corrected chi connectivity index (χ4v) is 2.31. The molecule has 0 radical (unpaired) electrons. The lowest BCUT2D eigenvalue weighted by molar-refractivity contribution is 0.0688. The quantitative estimate of drug-likeness (QED) is 0.823. The van der Waals surface area contributed by atoms with Gasteiger partial charge in [0.05, 0.1) is 0 Å². The van der Waals surface area contributed by atoms with Crippen molar-refractivity contribution >= 4 is 5.97 Å². The van der Waals surface area contributed by atoms with E-state index in [2.05, 4.69) is 9.97 Å². The zero-order valence-electron chi connectivity index (χ0n) is 9.07. The van der Waals surface area contributed by atoms with E-state index in [1.54, 1.807) is 0 Å². The summed E-state index contributed by atoms with van der Waals surface area (Å²) in [6.07, 6.45) is 6.13. The van der Waals surface area contributed by atoms with Crippen LogP contribution in [-0.2, 0) is 12.8 Å². The Morgan fingerprint density at radius 1 is 1.19 bits per heavy atom. The molecule has 3 rings (SSSR count). The van der Waals surface area contributed by atoms with E-state index in [1.165, 1.54) is 0 Å². The molecule has 4 nitrogen and oxygen atoms in total. The maximum Gasteiger partial charge on any atom is 0.354 e. The summed E-state index contributed by atoms with van der Waals surface area (Å²) >= 11 is 0. The molecule has 1 fully saturated rings. The van der Waals surface area contributed by atoms with Gasteiger partial charge in [-0.2, -0.15) is 0 Å². The van der Waals surface area contributed by atoms with Crippen LogP contribution in [0.1, 0.15) is 59.2 Å². The van der Waals surface area contributed by atoms with Gasteiger partial charge in [-0.25, -0.2) is 14.8 Å². The molecule has 1 heterocycles. The zero-order chi connectivity index (χ0) is 11.1. The van der Waals surface area contributed by atoms with Crippen molar-refractivity contribution in [1.82, 2.24) is 9.97 Å². The minimum atomic E-state index is -0.901. The van der Waals surface area contributed by atoms with Crippen LogP contribution >= 0.6 is 0 Å². The molecule has 0 unspecified atom stereocenters. The van der Waals surface area contributed by atoms with Gasteiger partial charge in [0, 0.05) is 17.2 Å². The molecule has 1 N–H and O–H groups in total. The van der Waals surface area contributed by atoms with Gasteiger partial charge in [0.1, 0.15) is 5.82 Å². The summed E-state index contributed by atoms with van der Waals surface area (Å²) in [7, 11) is 0. The lowest BCUT2D eigenvalue weighted by Crippen LogP contribution is -2.16. The maximum atomic E-state index is 11.2. The van der Waals surface area contributed by atoms with Crippen molar-refractivity contribution in [2.24, 2.45) is 0 Å². The number of hydrogen-bond donors (Lipinski definition) is 1. The van der Waals surface area contributed by atoms with Crippen LogP contribution in [-0.4, -0.2) is 21.0 Å². The maximum absolute atomic E-state index is 11.2. The number of carboxylic acid groups (broad SMARTS) is 1. The lowest BCUT2D eigenvalue weighted by atomic mass is 9.94. The molecule has 2 aliphatic rings. The minimum absolute atomic E-state index is 0.256. The average molecular weight is 218 g/mol. The van der Waals surface area contributed by atoms with Crippen LogP contribution in [0.15, 0.2) is 0 Å². The minimum Gasteiger partial charge on any atom is -0.477 e.